The van der Waals surface area contributed by atoms with Crippen LogP contribution in [0.3, 0.4) is 0 Å². The van der Waals surface area contributed by atoms with Crippen LogP contribution in [0.2, 0.25) is 0 Å². The molecule has 0 aliphatic carbocycles. The van der Waals surface area contributed by atoms with Crippen LogP contribution in [0.25, 0.3) is 0 Å². The molecule has 2 aliphatic heterocycles. The number of sulfonamides is 1. The Morgan fingerprint density at radius 3 is 2.71 bits per heavy atom. The summed E-state index contributed by atoms with van der Waals surface area (Å²) in [6.07, 6.45) is 0.929. The Morgan fingerprint density at radius 2 is 2.00 bits per heavy atom. The highest BCUT2D eigenvalue weighted by atomic mass is 32.2. The Bertz CT molecular complexity index is 612. The van der Waals surface area contributed by atoms with Crippen LogP contribution in [0.1, 0.15) is 13.3 Å². The number of thioether (sulfide) groups is 2. The predicted molar refractivity (Wildman–Crippen MR) is 88.6 cm³/mol. The standard InChI is InChI=1S/C14H19NO3S3/c1-2-18-12-5-3-4-6-13(12)21(16,17)15-8-7-14(11-15)19-9-10-20-14/h3-6H,2,7-11H2,1H3. The average molecular weight is 346 g/mol. The quantitative estimate of drug-likeness (QED) is 0.839. The van der Waals surface area contributed by atoms with Gasteiger partial charge in [-0.05, 0) is 25.5 Å². The van der Waals surface area contributed by atoms with Crippen molar-refractivity contribution in [2.75, 3.05) is 31.2 Å². The first kappa shape index (κ1) is 15.5. The number of hydrogen-bond acceptors (Lipinski definition) is 5. The maximum atomic E-state index is 12.9. The lowest BCUT2D eigenvalue weighted by molar-refractivity contribution is 0.329. The summed E-state index contributed by atoms with van der Waals surface area (Å²) in [5.74, 6) is 2.69. The molecule has 2 aliphatic rings. The fourth-order valence-electron chi connectivity index (χ4n) is 2.74. The van der Waals surface area contributed by atoms with E-state index in [0.29, 0.717) is 25.4 Å². The van der Waals surface area contributed by atoms with Gasteiger partial charge in [-0.2, -0.15) is 4.31 Å². The summed E-state index contributed by atoms with van der Waals surface area (Å²) in [6, 6.07) is 6.92. The summed E-state index contributed by atoms with van der Waals surface area (Å²) in [5.41, 5.74) is 0. The molecule has 0 bridgehead atoms. The van der Waals surface area contributed by atoms with Gasteiger partial charge in [0.2, 0.25) is 10.0 Å². The molecule has 21 heavy (non-hydrogen) atoms. The molecule has 0 saturated carbocycles. The number of rotatable bonds is 4. The fraction of sp³-hybridized carbons (Fsp3) is 0.571. The number of para-hydroxylation sites is 1. The molecule has 0 aromatic heterocycles. The molecule has 2 heterocycles. The summed E-state index contributed by atoms with van der Waals surface area (Å²) < 4.78 is 33.0. The second-order valence-electron chi connectivity index (χ2n) is 5.08. The molecule has 4 nitrogen and oxygen atoms in total. The Kier molecular flexibility index (Phi) is 4.45. The third-order valence-corrected chi connectivity index (χ3v) is 9.13. The molecule has 0 amide bonds. The lowest BCUT2D eigenvalue weighted by Crippen LogP contribution is -2.32. The number of hydrogen-bond donors (Lipinski definition) is 0. The van der Waals surface area contributed by atoms with E-state index in [-0.39, 0.29) is 8.97 Å². The minimum Gasteiger partial charge on any atom is -0.492 e. The highest BCUT2D eigenvalue weighted by Crippen LogP contribution is 2.50. The lowest BCUT2D eigenvalue weighted by Gasteiger charge is -2.22. The first-order valence-electron chi connectivity index (χ1n) is 7.07. The molecule has 0 N–H and O–H groups in total. The van der Waals surface area contributed by atoms with Gasteiger partial charge in [0.15, 0.2) is 0 Å². The van der Waals surface area contributed by atoms with Gasteiger partial charge in [0.1, 0.15) is 10.6 Å². The monoisotopic (exact) mass is 345 g/mol. The molecule has 0 atom stereocenters. The van der Waals surface area contributed by atoms with Gasteiger partial charge in [-0.15, -0.1) is 23.5 Å². The Morgan fingerprint density at radius 1 is 1.29 bits per heavy atom. The van der Waals surface area contributed by atoms with Gasteiger partial charge in [-0.25, -0.2) is 8.42 Å². The smallest absolute Gasteiger partial charge is 0.246 e. The minimum atomic E-state index is -3.47. The van der Waals surface area contributed by atoms with Crippen LogP contribution in [0.15, 0.2) is 29.2 Å². The molecule has 7 heteroatoms. The first-order valence-corrected chi connectivity index (χ1v) is 10.5. The highest BCUT2D eigenvalue weighted by Gasteiger charge is 2.46. The summed E-state index contributed by atoms with van der Waals surface area (Å²) in [7, 11) is -3.47. The number of benzene rings is 1. The number of nitrogens with zero attached hydrogens (tertiary/aromatic N) is 1. The van der Waals surface area contributed by atoms with Crippen molar-refractivity contribution in [1.82, 2.24) is 4.31 Å². The largest absolute Gasteiger partial charge is 0.492 e. The van der Waals surface area contributed by atoms with Crippen LogP contribution < -0.4 is 4.74 Å². The van der Waals surface area contributed by atoms with Crippen molar-refractivity contribution < 1.29 is 13.2 Å². The van der Waals surface area contributed by atoms with E-state index >= 15 is 0 Å². The van der Waals surface area contributed by atoms with E-state index in [2.05, 4.69) is 0 Å². The van der Waals surface area contributed by atoms with Gasteiger partial charge in [0.25, 0.3) is 0 Å². The first-order chi connectivity index (χ1) is 10.1. The van der Waals surface area contributed by atoms with E-state index < -0.39 is 10.0 Å². The molecule has 116 valence electrons. The van der Waals surface area contributed by atoms with Gasteiger partial charge in [0.05, 0.1) is 10.7 Å². The van der Waals surface area contributed by atoms with E-state index in [0.717, 1.165) is 17.9 Å². The zero-order chi connectivity index (χ0) is 14.9. The molecule has 2 saturated heterocycles. The van der Waals surface area contributed by atoms with Crippen LogP contribution in [-0.2, 0) is 10.0 Å². The van der Waals surface area contributed by atoms with Gasteiger partial charge < -0.3 is 4.74 Å². The summed E-state index contributed by atoms with van der Waals surface area (Å²) >= 11 is 3.81. The van der Waals surface area contributed by atoms with Crippen molar-refractivity contribution in [3.63, 3.8) is 0 Å². The zero-order valence-corrected chi connectivity index (χ0v) is 14.4. The van der Waals surface area contributed by atoms with Crippen molar-refractivity contribution in [3.05, 3.63) is 24.3 Å². The molecule has 1 aromatic rings. The maximum Gasteiger partial charge on any atom is 0.246 e. The SMILES string of the molecule is CCOc1ccccc1S(=O)(=O)N1CCC2(C1)SCCS2. The third kappa shape index (κ3) is 2.93. The van der Waals surface area contributed by atoms with Crippen LogP contribution in [0, 0.1) is 0 Å². The Balaban J connectivity index is 1.88. The maximum absolute atomic E-state index is 12.9. The predicted octanol–water partition coefficient (Wildman–Crippen LogP) is 2.66. The summed E-state index contributed by atoms with van der Waals surface area (Å²) in [5, 5.41) is 0. The fourth-order valence-corrected chi connectivity index (χ4v) is 7.74. The third-order valence-electron chi connectivity index (χ3n) is 3.74. The van der Waals surface area contributed by atoms with Crippen molar-refractivity contribution in [2.45, 2.75) is 22.3 Å². The second-order valence-corrected chi connectivity index (χ2v) is 10.2. The van der Waals surface area contributed by atoms with E-state index in [4.69, 9.17) is 4.74 Å². The van der Waals surface area contributed by atoms with Gasteiger partial charge in [0, 0.05) is 24.6 Å². The van der Waals surface area contributed by atoms with Crippen molar-refractivity contribution in [1.29, 1.82) is 0 Å². The normalized spacial score (nSPS) is 22.0. The molecular weight excluding hydrogens is 326 g/mol. The van der Waals surface area contributed by atoms with Crippen LogP contribution in [0.4, 0.5) is 0 Å². The van der Waals surface area contributed by atoms with Crippen LogP contribution in [-0.4, -0.2) is 48.0 Å². The molecule has 3 rings (SSSR count). The van der Waals surface area contributed by atoms with Crippen molar-refractivity contribution in [3.8, 4) is 5.75 Å². The molecule has 1 aromatic carbocycles. The topological polar surface area (TPSA) is 46.6 Å². The van der Waals surface area contributed by atoms with Crippen molar-refractivity contribution >= 4 is 33.5 Å². The van der Waals surface area contributed by atoms with Crippen LogP contribution in [0.5, 0.6) is 5.75 Å². The molecule has 1 spiro atoms. The zero-order valence-electron chi connectivity index (χ0n) is 11.9. The van der Waals surface area contributed by atoms with Gasteiger partial charge in [-0.3, -0.25) is 0 Å². The Hall–Kier alpha value is -0.370. The second kappa shape index (κ2) is 6.02. The number of ether oxygens (including phenoxy) is 1. The molecule has 0 unspecified atom stereocenters. The summed E-state index contributed by atoms with van der Waals surface area (Å²) in [4.78, 5) is 0.289. The molecule has 2 fully saturated rings. The van der Waals surface area contributed by atoms with Crippen LogP contribution >= 0.6 is 23.5 Å². The highest BCUT2D eigenvalue weighted by molar-refractivity contribution is 8.21. The van der Waals surface area contributed by atoms with E-state index in [1.807, 2.05) is 30.4 Å². The van der Waals surface area contributed by atoms with E-state index in [1.54, 1.807) is 28.6 Å². The average Bonchev–Trinajstić information content (AvgIpc) is 3.11. The van der Waals surface area contributed by atoms with Gasteiger partial charge in [-0.1, -0.05) is 12.1 Å². The summed E-state index contributed by atoms with van der Waals surface area (Å²) in [6.45, 7) is 3.52. The van der Waals surface area contributed by atoms with Crippen molar-refractivity contribution in [2.24, 2.45) is 0 Å². The Labute approximate surface area is 134 Å². The lowest BCUT2D eigenvalue weighted by atomic mass is 10.3. The molecule has 0 radical (unpaired) electrons. The van der Waals surface area contributed by atoms with E-state index in [9.17, 15) is 8.42 Å². The molecular formula is C14H19NO3S3. The minimum absolute atomic E-state index is 0.0770. The van der Waals surface area contributed by atoms with Gasteiger partial charge >= 0.3 is 0 Å². The van der Waals surface area contributed by atoms with E-state index in [1.165, 1.54) is 0 Å².